The van der Waals surface area contributed by atoms with Gasteiger partial charge in [-0.3, -0.25) is 0 Å². The van der Waals surface area contributed by atoms with E-state index in [0.717, 1.165) is 5.56 Å². The Kier molecular flexibility index (Phi) is 3.48. The summed E-state index contributed by atoms with van der Waals surface area (Å²) in [6.07, 6.45) is 0.521. The zero-order valence-corrected chi connectivity index (χ0v) is 8.06. The highest BCUT2D eigenvalue weighted by molar-refractivity contribution is 5.74. The van der Waals surface area contributed by atoms with Gasteiger partial charge in [0.2, 0.25) is 0 Å². The molecular weight excluding hydrogens is 182 g/mol. The van der Waals surface area contributed by atoms with Gasteiger partial charge in [-0.1, -0.05) is 12.1 Å². The minimum atomic E-state index is -0.399. The number of quaternary nitrogens is 1. The van der Waals surface area contributed by atoms with Gasteiger partial charge in [0.05, 0.1) is 7.11 Å². The summed E-state index contributed by atoms with van der Waals surface area (Å²) < 4.78 is 4.56. The largest absolute Gasteiger partial charge is 0.508 e. The number of aromatic hydroxyl groups is 1. The lowest BCUT2D eigenvalue weighted by Crippen LogP contribution is -2.66. The monoisotopic (exact) mass is 196 g/mol. The van der Waals surface area contributed by atoms with Crippen LogP contribution in [0.15, 0.2) is 24.3 Å². The van der Waals surface area contributed by atoms with Gasteiger partial charge in [-0.15, -0.1) is 0 Å². The molecule has 0 spiro atoms. The molecule has 76 valence electrons. The number of hydrogen-bond acceptors (Lipinski definition) is 3. The quantitative estimate of drug-likeness (QED) is 0.653. The fourth-order valence-corrected chi connectivity index (χ4v) is 1.17. The van der Waals surface area contributed by atoms with Crippen molar-refractivity contribution >= 4 is 5.97 Å². The third kappa shape index (κ3) is 2.74. The van der Waals surface area contributed by atoms with E-state index in [4.69, 9.17) is 5.11 Å². The molecule has 0 radical (unpaired) electrons. The van der Waals surface area contributed by atoms with E-state index in [1.165, 1.54) is 7.11 Å². The second kappa shape index (κ2) is 4.62. The molecule has 1 aromatic carbocycles. The van der Waals surface area contributed by atoms with E-state index < -0.39 is 6.04 Å². The number of phenolic OH excluding ortho intramolecular Hbond substituents is 1. The molecule has 0 aliphatic rings. The number of benzene rings is 1. The Morgan fingerprint density at radius 3 is 2.57 bits per heavy atom. The summed E-state index contributed by atoms with van der Waals surface area (Å²) in [5, 5.41) is 9.04. The van der Waals surface area contributed by atoms with Crippen molar-refractivity contribution in [2.75, 3.05) is 7.11 Å². The Labute approximate surface area is 82.3 Å². The summed E-state index contributed by atoms with van der Waals surface area (Å²) in [4.78, 5) is 11.0. The number of carbonyl (C=O) groups excluding carboxylic acids is 1. The van der Waals surface area contributed by atoms with Crippen molar-refractivity contribution in [3.63, 3.8) is 0 Å². The average Bonchev–Trinajstić information content (AvgIpc) is 2.20. The summed E-state index contributed by atoms with van der Waals surface area (Å²) in [6, 6.07) is 6.29. The summed E-state index contributed by atoms with van der Waals surface area (Å²) in [6.45, 7) is 0. The van der Waals surface area contributed by atoms with Gasteiger partial charge in [0.25, 0.3) is 0 Å². The lowest BCUT2D eigenvalue weighted by Gasteiger charge is -2.05. The van der Waals surface area contributed by atoms with E-state index in [9.17, 15) is 4.79 Å². The molecule has 14 heavy (non-hydrogen) atoms. The molecule has 1 rings (SSSR count). The molecule has 0 amide bonds. The molecule has 4 heteroatoms. The lowest BCUT2D eigenvalue weighted by molar-refractivity contribution is -0.407. The molecule has 0 fully saturated rings. The number of methoxy groups -OCH3 is 1. The average molecular weight is 196 g/mol. The Morgan fingerprint density at radius 1 is 1.50 bits per heavy atom. The Hall–Kier alpha value is -1.55. The van der Waals surface area contributed by atoms with Gasteiger partial charge in [0, 0.05) is 6.42 Å². The van der Waals surface area contributed by atoms with Crippen molar-refractivity contribution in [3.05, 3.63) is 29.8 Å². The van der Waals surface area contributed by atoms with Gasteiger partial charge in [-0.2, -0.15) is 0 Å². The SMILES string of the molecule is COC(=O)C([NH3+])Cc1ccc(O)cc1. The van der Waals surface area contributed by atoms with Gasteiger partial charge in [0.1, 0.15) is 5.75 Å². The highest BCUT2D eigenvalue weighted by Crippen LogP contribution is 2.10. The first-order valence-corrected chi connectivity index (χ1v) is 4.32. The van der Waals surface area contributed by atoms with E-state index in [-0.39, 0.29) is 11.7 Å². The fourth-order valence-electron chi connectivity index (χ4n) is 1.17. The Morgan fingerprint density at radius 2 is 2.07 bits per heavy atom. The zero-order valence-electron chi connectivity index (χ0n) is 8.06. The maximum atomic E-state index is 11.0. The smallest absolute Gasteiger partial charge is 0.364 e. The van der Waals surface area contributed by atoms with Crippen LogP contribution in [0.25, 0.3) is 0 Å². The predicted molar refractivity (Wildman–Crippen MR) is 50.5 cm³/mol. The van der Waals surface area contributed by atoms with Crippen LogP contribution in [0.1, 0.15) is 5.56 Å². The van der Waals surface area contributed by atoms with Gasteiger partial charge < -0.3 is 15.6 Å². The van der Waals surface area contributed by atoms with Crippen molar-refractivity contribution in [2.24, 2.45) is 0 Å². The van der Waals surface area contributed by atoms with Crippen LogP contribution in [-0.2, 0) is 16.0 Å². The van der Waals surface area contributed by atoms with E-state index in [0.29, 0.717) is 6.42 Å². The number of ether oxygens (including phenoxy) is 1. The first kappa shape index (κ1) is 10.5. The van der Waals surface area contributed by atoms with Crippen LogP contribution in [0.2, 0.25) is 0 Å². The van der Waals surface area contributed by atoms with E-state index in [1.807, 2.05) is 0 Å². The van der Waals surface area contributed by atoms with Gasteiger partial charge >= 0.3 is 5.97 Å². The molecule has 4 N–H and O–H groups in total. The molecule has 1 atom stereocenters. The van der Waals surface area contributed by atoms with Crippen LogP contribution in [0.5, 0.6) is 5.75 Å². The first-order chi connectivity index (χ1) is 6.63. The molecule has 0 aliphatic carbocycles. The standard InChI is InChI=1S/C10H13NO3/c1-14-10(13)9(11)6-7-2-4-8(12)5-3-7/h2-5,9,12H,6,11H2,1H3/p+1. The summed E-state index contributed by atoms with van der Waals surface area (Å²) >= 11 is 0. The third-order valence-electron chi connectivity index (χ3n) is 1.95. The maximum Gasteiger partial charge on any atom is 0.364 e. The van der Waals surface area contributed by atoms with E-state index >= 15 is 0 Å². The molecule has 0 saturated carbocycles. The summed E-state index contributed by atoms with van der Waals surface area (Å²) in [5.41, 5.74) is 4.64. The summed E-state index contributed by atoms with van der Waals surface area (Å²) in [7, 11) is 1.34. The Bertz CT molecular complexity index is 308. The fraction of sp³-hybridized carbons (Fsp3) is 0.300. The third-order valence-corrected chi connectivity index (χ3v) is 1.95. The highest BCUT2D eigenvalue weighted by Gasteiger charge is 2.17. The molecule has 0 bridgehead atoms. The van der Waals surface area contributed by atoms with E-state index in [1.54, 1.807) is 24.3 Å². The highest BCUT2D eigenvalue weighted by atomic mass is 16.5. The maximum absolute atomic E-state index is 11.0. The zero-order chi connectivity index (χ0) is 10.6. The number of hydrogen-bond donors (Lipinski definition) is 2. The van der Waals surface area contributed by atoms with Crippen molar-refractivity contribution in [1.82, 2.24) is 0 Å². The van der Waals surface area contributed by atoms with Crippen molar-refractivity contribution in [1.29, 1.82) is 0 Å². The second-order valence-corrected chi connectivity index (χ2v) is 3.09. The number of esters is 1. The minimum Gasteiger partial charge on any atom is -0.508 e. The molecule has 1 aromatic rings. The van der Waals surface area contributed by atoms with Crippen LogP contribution in [-0.4, -0.2) is 24.2 Å². The van der Waals surface area contributed by atoms with Gasteiger partial charge in [0.15, 0.2) is 6.04 Å². The normalized spacial score (nSPS) is 12.1. The van der Waals surface area contributed by atoms with Gasteiger partial charge in [-0.05, 0) is 17.7 Å². The van der Waals surface area contributed by atoms with Crippen LogP contribution >= 0.6 is 0 Å². The first-order valence-electron chi connectivity index (χ1n) is 4.32. The van der Waals surface area contributed by atoms with Crippen LogP contribution in [0.4, 0.5) is 0 Å². The molecule has 0 saturated heterocycles. The van der Waals surface area contributed by atoms with Crippen molar-refractivity contribution < 1.29 is 20.4 Å². The van der Waals surface area contributed by atoms with Crippen molar-refractivity contribution in [2.45, 2.75) is 12.5 Å². The number of phenols is 1. The minimum absolute atomic E-state index is 0.215. The van der Waals surface area contributed by atoms with Crippen molar-refractivity contribution in [3.8, 4) is 5.75 Å². The van der Waals surface area contributed by atoms with Crippen LogP contribution < -0.4 is 5.73 Å². The van der Waals surface area contributed by atoms with Crippen LogP contribution in [0.3, 0.4) is 0 Å². The van der Waals surface area contributed by atoms with Crippen LogP contribution in [0, 0.1) is 0 Å². The topological polar surface area (TPSA) is 74.2 Å². The second-order valence-electron chi connectivity index (χ2n) is 3.09. The molecule has 0 heterocycles. The molecule has 0 aromatic heterocycles. The molecule has 0 aliphatic heterocycles. The lowest BCUT2D eigenvalue weighted by atomic mass is 10.1. The van der Waals surface area contributed by atoms with E-state index in [2.05, 4.69) is 10.5 Å². The van der Waals surface area contributed by atoms with Gasteiger partial charge in [-0.25, -0.2) is 4.79 Å². The molecule has 4 nitrogen and oxygen atoms in total. The number of rotatable bonds is 3. The molecular formula is C10H14NO3+. The molecule has 1 unspecified atom stereocenters. The number of carbonyl (C=O) groups is 1. The predicted octanol–water partition coefficient (Wildman–Crippen LogP) is -0.282. The Balaban J connectivity index is 2.60. The summed E-state index contributed by atoms with van der Waals surface area (Å²) in [5.74, 6) is -0.106.